The van der Waals surface area contributed by atoms with Gasteiger partial charge in [-0.05, 0) is 54.6 Å². The average Bonchev–Trinajstić information content (AvgIpc) is 2.97. The van der Waals surface area contributed by atoms with Crippen LogP contribution in [0.5, 0.6) is 0 Å². The summed E-state index contributed by atoms with van der Waals surface area (Å²) in [6, 6.07) is 10.4. The van der Waals surface area contributed by atoms with Crippen LogP contribution in [-0.4, -0.2) is 37.1 Å². The van der Waals surface area contributed by atoms with E-state index in [1.54, 1.807) is 0 Å². The number of nitrogens with zero attached hydrogens (tertiary/aromatic N) is 3. The molecule has 0 spiro atoms. The smallest absolute Gasteiger partial charge is 0.311 e. The highest BCUT2D eigenvalue weighted by molar-refractivity contribution is 9.10. The number of hydrogen-bond donors (Lipinski definition) is 0. The SMILES string of the molecule is CN(C(=O)c1ccc(C#N)cc1)c1cccc(C(=O)N(Br)c2ccc(C(F)(C(F)(F)F)C(F)(F)C(F)(F)F)cc2C(F)(F)F)c1. The molecule has 1 atom stereocenters. The van der Waals surface area contributed by atoms with Gasteiger partial charge in [0.25, 0.3) is 11.8 Å². The Hall–Kier alpha value is -4.27. The molecule has 1 unspecified atom stereocenters. The van der Waals surface area contributed by atoms with Crippen molar-refractivity contribution in [3.8, 4) is 6.07 Å². The minimum absolute atomic E-state index is 0.00396. The van der Waals surface area contributed by atoms with Crippen molar-refractivity contribution < 1.29 is 62.3 Å². The zero-order valence-corrected chi connectivity index (χ0v) is 23.5. The Morgan fingerprint density at radius 2 is 1.31 bits per heavy atom. The van der Waals surface area contributed by atoms with E-state index in [4.69, 9.17) is 5.26 Å². The lowest BCUT2D eigenvalue weighted by atomic mass is 9.86. The van der Waals surface area contributed by atoms with Crippen molar-refractivity contribution in [3.05, 3.63) is 94.5 Å². The van der Waals surface area contributed by atoms with Gasteiger partial charge in [-0.2, -0.15) is 53.6 Å². The first-order valence-corrected chi connectivity index (χ1v) is 12.5. The number of nitriles is 1. The monoisotopic (exact) mass is 719 g/mol. The Bertz CT molecular complexity index is 1650. The molecule has 3 aromatic rings. The molecule has 0 heterocycles. The molecule has 0 aromatic heterocycles. The van der Waals surface area contributed by atoms with Crippen LogP contribution >= 0.6 is 16.1 Å². The van der Waals surface area contributed by atoms with Gasteiger partial charge in [-0.15, -0.1) is 0 Å². The molecule has 0 aliphatic rings. The van der Waals surface area contributed by atoms with Crippen LogP contribution < -0.4 is 8.83 Å². The summed E-state index contributed by atoms with van der Waals surface area (Å²) in [4.78, 5) is 26.9. The highest BCUT2D eigenvalue weighted by Crippen LogP contribution is 2.59. The fraction of sp³-hybridized carbons (Fsp3) is 0.222. The lowest BCUT2D eigenvalue weighted by Gasteiger charge is -2.36. The van der Waals surface area contributed by atoms with Crippen LogP contribution in [0.4, 0.5) is 64.1 Å². The Labute approximate surface area is 253 Å². The summed E-state index contributed by atoms with van der Waals surface area (Å²) in [7, 11) is 1.26. The molecule has 0 N–H and O–H groups in total. The summed E-state index contributed by atoms with van der Waals surface area (Å²) in [6.45, 7) is 0. The van der Waals surface area contributed by atoms with Crippen LogP contribution in [-0.2, 0) is 11.8 Å². The maximum atomic E-state index is 14.9. The van der Waals surface area contributed by atoms with Gasteiger partial charge >= 0.3 is 30.1 Å². The highest BCUT2D eigenvalue weighted by Gasteiger charge is 2.81. The van der Waals surface area contributed by atoms with Crippen molar-refractivity contribution in [1.82, 2.24) is 0 Å². The predicted octanol–water partition coefficient (Wildman–Crippen LogP) is 8.74. The molecule has 3 aromatic carbocycles. The topological polar surface area (TPSA) is 64.4 Å². The maximum absolute atomic E-state index is 14.9. The molecule has 0 saturated carbocycles. The maximum Gasteiger partial charge on any atom is 0.457 e. The van der Waals surface area contributed by atoms with Gasteiger partial charge in [0, 0.05) is 29.4 Å². The van der Waals surface area contributed by atoms with Crippen LogP contribution in [0.25, 0.3) is 0 Å². The van der Waals surface area contributed by atoms with E-state index in [9.17, 15) is 62.3 Å². The molecule has 45 heavy (non-hydrogen) atoms. The molecule has 2 amide bonds. The summed E-state index contributed by atoms with van der Waals surface area (Å²) < 4.78 is 163. The van der Waals surface area contributed by atoms with Gasteiger partial charge in [0.05, 0.1) is 39.0 Å². The summed E-state index contributed by atoms with van der Waals surface area (Å²) in [6.07, 6.45) is -20.0. The molecular formula is C27H14BrF12N3O2. The number of alkyl halides is 12. The van der Waals surface area contributed by atoms with Crippen molar-refractivity contribution in [2.75, 3.05) is 15.9 Å². The third-order valence-electron chi connectivity index (χ3n) is 6.31. The number of benzene rings is 3. The quantitative estimate of drug-likeness (QED) is 0.189. The third kappa shape index (κ3) is 6.44. The number of anilines is 2. The third-order valence-corrected chi connectivity index (χ3v) is 7.02. The van der Waals surface area contributed by atoms with E-state index in [1.165, 1.54) is 43.4 Å². The number of carbonyl (C=O) groups is 2. The number of hydrogen-bond acceptors (Lipinski definition) is 3. The van der Waals surface area contributed by atoms with Crippen molar-refractivity contribution in [2.45, 2.75) is 30.1 Å². The number of carbonyl (C=O) groups excluding carboxylic acids is 2. The number of amides is 2. The van der Waals surface area contributed by atoms with Crippen LogP contribution in [0, 0.1) is 11.3 Å². The van der Waals surface area contributed by atoms with E-state index >= 15 is 0 Å². The van der Waals surface area contributed by atoms with E-state index in [-0.39, 0.29) is 32.9 Å². The molecular weight excluding hydrogens is 706 g/mol. The Balaban J connectivity index is 2.06. The Morgan fingerprint density at radius 1 is 0.733 bits per heavy atom. The van der Waals surface area contributed by atoms with Gasteiger partial charge in [-0.1, -0.05) is 12.1 Å². The zero-order chi connectivity index (χ0) is 34.3. The minimum Gasteiger partial charge on any atom is -0.311 e. The first-order chi connectivity index (χ1) is 20.5. The molecule has 18 heteroatoms. The predicted molar refractivity (Wildman–Crippen MR) is 137 cm³/mol. The van der Waals surface area contributed by atoms with Gasteiger partial charge in [-0.25, -0.2) is 8.32 Å². The van der Waals surface area contributed by atoms with Crippen LogP contribution in [0.2, 0.25) is 0 Å². The highest BCUT2D eigenvalue weighted by atomic mass is 79.9. The van der Waals surface area contributed by atoms with Gasteiger partial charge in [0.1, 0.15) is 0 Å². The number of halogens is 13. The first kappa shape index (κ1) is 35.2. The van der Waals surface area contributed by atoms with E-state index < -0.39 is 70.4 Å². The summed E-state index contributed by atoms with van der Waals surface area (Å²) in [5.41, 5.74) is -13.3. The lowest BCUT2D eigenvalue weighted by molar-refractivity contribution is -0.389. The molecule has 5 nitrogen and oxygen atoms in total. The van der Waals surface area contributed by atoms with E-state index in [0.717, 1.165) is 17.0 Å². The normalized spacial score (nSPS) is 13.9. The van der Waals surface area contributed by atoms with E-state index in [1.807, 2.05) is 6.07 Å². The van der Waals surface area contributed by atoms with Gasteiger partial charge in [-0.3, -0.25) is 9.59 Å². The minimum atomic E-state index is -7.23. The van der Waals surface area contributed by atoms with E-state index in [0.29, 0.717) is 0 Å². The van der Waals surface area contributed by atoms with Crippen molar-refractivity contribution in [3.63, 3.8) is 0 Å². The average molecular weight is 720 g/mol. The van der Waals surface area contributed by atoms with E-state index in [2.05, 4.69) is 16.1 Å². The van der Waals surface area contributed by atoms with Gasteiger partial charge < -0.3 is 4.90 Å². The molecule has 0 radical (unpaired) electrons. The number of rotatable bonds is 6. The second kappa shape index (κ2) is 11.9. The first-order valence-electron chi connectivity index (χ1n) is 11.8. The van der Waals surface area contributed by atoms with Crippen molar-refractivity contribution >= 4 is 39.3 Å². The van der Waals surface area contributed by atoms with Crippen LogP contribution in [0.3, 0.4) is 0 Å². The fourth-order valence-corrected chi connectivity index (χ4v) is 4.45. The molecule has 0 saturated heterocycles. The molecule has 3 rings (SSSR count). The molecule has 0 aliphatic heterocycles. The largest absolute Gasteiger partial charge is 0.457 e. The Morgan fingerprint density at radius 3 is 1.80 bits per heavy atom. The van der Waals surface area contributed by atoms with Crippen molar-refractivity contribution in [2.24, 2.45) is 0 Å². The van der Waals surface area contributed by atoms with Crippen molar-refractivity contribution in [1.29, 1.82) is 5.26 Å². The summed E-state index contributed by atoms with van der Waals surface area (Å²) >= 11 is 2.49. The zero-order valence-electron chi connectivity index (χ0n) is 21.9. The second-order valence-corrected chi connectivity index (χ2v) is 9.86. The molecule has 0 fully saturated rings. The Kier molecular flexibility index (Phi) is 9.32. The van der Waals surface area contributed by atoms with Crippen LogP contribution in [0.1, 0.15) is 37.4 Å². The van der Waals surface area contributed by atoms with Gasteiger partial charge in [0.15, 0.2) is 0 Å². The molecule has 240 valence electrons. The van der Waals surface area contributed by atoms with Gasteiger partial charge in [0.2, 0.25) is 0 Å². The summed E-state index contributed by atoms with van der Waals surface area (Å²) in [5.74, 6) is -9.25. The molecule has 0 bridgehead atoms. The fourth-order valence-electron chi connectivity index (χ4n) is 3.94. The lowest BCUT2D eigenvalue weighted by Crippen LogP contribution is -2.59. The van der Waals surface area contributed by atoms with Crippen LogP contribution in [0.15, 0.2) is 66.7 Å². The second-order valence-electron chi connectivity index (χ2n) is 9.15. The standard InChI is InChI=1S/C27H14BrF12N3O2/c1-42(21(44)15-7-5-14(13-41)6-8-15)18-4-2-3-16(11-18)22(45)43(28)20-10-9-17(12-19(20)24(30,31)32)23(29,26(35,36)37)25(33,34)27(38,39)40/h2-12H,1H3. The summed E-state index contributed by atoms with van der Waals surface area (Å²) in [5, 5.41) is 8.89. The molecule has 0 aliphatic carbocycles.